The first-order chi connectivity index (χ1) is 14.6. The molecule has 2 amide bonds. The molecule has 0 unspecified atom stereocenters. The number of thiazole rings is 1. The summed E-state index contributed by atoms with van der Waals surface area (Å²) < 4.78 is 15.0. The lowest BCUT2D eigenvalue weighted by Gasteiger charge is -2.30. The Hall–Kier alpha value is -3.06. The third kappa shape index (κ3) is 4.74. The van der Waals surface area contributed by atoms with Crippen LogP contribution in [0, 0.1) is 11.7 Å². The van der Waals surface area contributed by atoms with E-state index in [9.17, 15) is 14.0 Å². The zero-order chi connectivity index (χ0) is 20.9. The number of likely N-dealkylation sites (tertiary alicyclic amines) is 1. The third-order valence-electron chi connectivity index (χ3n) is 5.28. The minimum Gasteiger partial charge on any atom is -0.339 e. The molecule has 1 aliphatic heterocycles. The van der Waals surface area contributed by atoms with Crippen molar-refractivity contribution >= 4 is 23.2 Å². The van der Waals surface area contributed by atoms with Crippen LogP contribution in [0.5, 0.6) is 0 Å². The quantitative estimate of drug-likeness (QED) is 0.642. The molecule has 0 atom stereocenters. The number of amides is 2. The molecule has 0 spiro atoms. The van der Waals surface area contributed by atoms with E-state index < -0.39 is 0 Å². The van der Waals surface area contributed by atoms with E-state index in [2.05, 4.69) is 4.99 Å². The molecule has 30 heavy (non-hydrogen) atoms. The van der Waals surface area contributed by atoms with E-state index in [4.69, 9.17) is 0 Å². The van der Waals surface area contributed by atoms with Crippen molar-refractivity contribution in [1.82, 2.24) is 9.47 Å². The molecule has 0 saturated carbocycles. The fourth-order valence-corrected chi connectivity index (χ4v) is 4.31. The zero-order valence-electron chi connectivity index (χ0n) is 16.4. The lowest BCUT2D eigenvalue weighted by molar-refractivity contribution is -0.123. The van der Waals surface area contributed by atoms with Gasteiger partial charge in [-0.05, 0) is 42.7 Å². The Bertz CT molecular complexity index is 1080. The Morgan fingerprint density at radius 2 is 1.73 bits per heavy atom. The monoisotopic (exact) mass is 423 g/mol. The van der Waals surface area contributed by atoms with Gasteiger partial charge in [0.1, 0.15) is 5.82 Å². The van der Waals surface area contributed by atoms with Crippen molar-refractivity contribution in [3.05, 3.63) is 87.9 Å². The number of nitrogens with zero attached hydrogens (tertiary/aromatic N) is 3. The van der Waals surface area contributed by atoms with Crippen LogP contribution in [0.25, 0.3) is 0 Å². The van der Waals surface area contributed by atoms with Crippen molar-refractivity contribution in [3.63, 3.8) is 0 Å². The maximum absolute atomic E-state index is 13.1. The van der Waals surface area contributed by atoms with Gasteiger partial charge in [0.25, 0.3) is 11.8 Å². The molecule has 0 radical (unpaired) electrons. The number of benzene rings is 2. The second kappa shape index (κ2) is 9.17. The Kier molecular flexibility index (Phi) is 6.18. The molecule has 154 valence electrons. The fraction of sp³-hybridized carbons (Fsp3) is 0.261. The fourth-order valence-electron chi connectivity index (χ4n) is 3.58. The molecule has 7 heteroatoms. The SMILES string of the molecule is O=C(N=c1sccn1Cc1ccccc1)C1CCN(C(=O)c2ccc(F)cc2)CC1. The molecular formula is C23H22FN3O2S. The number of hydrogen-bond donors (Lipinski definition) is 0. The molecule has 0 N–H and O–H groups in total. The summed E-state index contributed by atoms with van der Waals surface area (Å²) in [7, 11) is 0. The maximum atomic E-state index is 13.1. The standard InChI is InChI=1S/C23H22FN3O2S/c24-20-8-6-19(7-9-20)22(29)26-12-10-18(11-13-26)21(28)25-23-27(14-15-30-23)16-17-4-2-1-3-5-17/h1-9,14-15,18H,10-13,16H2. The van der Waals surface area contributed by atoms with Crippen LogP contribution in [-0.4, -0.2) is 34.4 Å². The van der Waals surface area contributed by atoms with Crippen LogP contribution >= 0.6 is 11.3 Å². The van der Waals surface area contributed by atoms with Crippen LogP contribution < -0.4 is 4.80 Å². The van der Waals surface area contributed by atoms with Gasteiger partial charge in [-0.1, -0.05) is 30.3 Å². The number of piperidine rings is 1. The predicted octanol–water partition coefficient (Wildman–Crippen LogP) is 3.72. The van der Waals surface area contributed by atoms with Crippen LogP contribution in [0.4, 0.5) is 4.39 Å². The predicted molar refractivity (Wildman–Crippen MR) is 113 cm³/mol. The molecule has 2 aromatic carbocycles. The van der Waals surface area contributed by atoms with Gasteiger partial charge in [-0.15, -0.1) is 11.3 Å². The van der Waals surface area contributed by atoms with E-state index in [1.165, 1.54) is 35.6 Å². The molecule has 2 heterocycles. The van der Waals surface area contributed by atoms with Crippen LogP contribution in [0.1, 0.15) is 28.8 Å². The van der Waals surface area contributed by atoms with Crippen molar-refractivity contribution in [2.45, 2.75) is 19.4 Å². The minimum absolute atomic E-state index is 0.128. The summed E-state index contributed by atoms with van der Waals surface area (Å²) in [6.07, 6.45) is 3.10. The van der Waals surface area contributed by atoms with Gasteiger partial charge < -0.3 is 9.47 Å². The highest BCUT2D eigenvalue weighted by Gasteiger charge is 2.27. The number of rotatable bonds is 4. The number of carbonyl (C=O) groups is 2. The van der Waals surface area contributed by atoms with E-state index in [0.29, 0.717) is 42.8 Å². The summed E-state index contributed by atoms with van der Waals surface area (Å²) in [4.78, 5) is 32.1. The van der Waals surface area contributed by atoms with Gasteiger partial charge in [-0.3, -0.25) is 9.59 Å². The Morgan fingerprint density at radius 3 is 2.43 bits per heavy atom. The highest BCUT2D eigenvalue weighted by Crippen LogP contribution is 2.20. The topological polar surface area (TPSA) is 54.7 Å². The normalized spacial score (nSPS) is 15.4. The molecule has 1 aliphatic rings. The van der Waals surface area contributed by atoms with Gasteiger partial charge in [-0.2, -0.15) is 4.99 Å². The first-order valence-corrected chi connectivity index (χ1v) is 10.8. The Labute approximate surface area is 178 Å². The van der Waals surface area contributed by atoms with E-state index in [-0.39, 0.29) is 23.5 Å². The number of halogens is 1. The summed E-state index contributed by atoms with van der Waals surface area (Å²) in [5.41, 5.74) is 1.61. The molecule has 1 saturated heterocycles. The second-order valence-electron chi connectivity index (χ2n) is 7.32. The van der Waals surface area contributed by atoms with Crippen molar-refractivity contribution in [3.8, 4) is 0 Å². The smallest absolute Gasteiger partial charge is 0.253 e. The van der Waals surface area contributed by atoms with Gasteiger partial charge in [0.05, 0.1) is 0 Å². The van der Waals surface area contributed by atoms with E-state index >= 15 is 0 Å². The molecule has 5 nitrogen and oxygen atoms in total. The second-order valence-corrected chi connectivity index (χ2v) is 8.20. The summed E-state index contributed by atoms with van der Waals surface area (Å²) in [5.74, 6) is -0.810. The van der Waals surface area contributed by atoms with E-state index in [1.54, 1.807) is 4.90 Å². The van der Waals surface area contributed by atoms with E-state index in [0.717, 1.165) is 5.56 Å². The van der Waals surface area contributed by atoms with Crippen molar-refractivity contribution in [2.24, 2.45) is 10.9 Å². The summed E-state index contributed by atoms with van der Waals surface area (Å²) in [6.45, 7) is 1.66. The van der Waals surface area contributed by atoms with Crippen molar-refractivity contribution in [1.29, 1.82) is 0 Å². The lowest BCUT2D eigenvalue weighted by Crippen LogP contribution is -2.40. The van der Waals surface area contributed by atoms with Gasteiger partial charge in [0, 0.05) is 42.7 Å². The molecule has 1 aromatic heterocycles. The number of hydrogen-bond acceptors (Lipinski definition) is 3. The van der Waals surface area contributed by atoms with Gasteiger partial charge >= 0.3 is 0 Å². The first-order valence-electron chi connectivity index (χ1n) is 9.91. The van der Waals surface area contributed by atoms with Crippen LogP contribution in [0.3, 0.4) is 0 Å². The summed E-state index contributed by atoms with van der Waals surface area (Å²) in [5, 5.41) is 1.93. The molecule has 1 fully saturated rings. The molecule has 3 aromatic rings. The van der Waals surface area contributed by atoms with Gasteiger partial charge in [0.15, 0.2) is 4.80 Å². The lowest BCUT2D eigenvalue weighted by atomic mass is 9.95. The van der Waals surface area contributed by atoms with Crippen LogP contribution in [0.15, 0.2) is 71.2 Å². The molecule has 0 bridgehead atoms. The largest absolute Gasteiger partial charge is 0.339 e. The Morgan fingerprint density at radius 1 is 1.03 bits per heavy atom. The average molecular weight is 424 g/mol. The Balaban J connectivity index is 1.39. The highest BCUT2D eigenvalue weighted by atomic mass is 32.1. The number of aromatic nitrogens is 1. The first kappa shape index (κ1) is 20.2. The summed E-state index contributed by atoms with van der Waals surface area (Å²) in [6, 6.07) is 15.6. The molecular weight excluding hydrogens is 401 g/mol. The van der Waals surface area contributed by atoms with Crippen LogP contribution in [0.2, 0.25) is 0 Å². The average Bonchev–Trinajstić information content (AvgIpc) is 3.21. The molecule has 4 rings (SSSR count). The third-order valence-corrected chi connectivity index (χ3v) is 6.08. The highest BCUT2D eigenvalue weighted by molar-refractivity contribution is 7.07. The number of carbonyl (C=O) groups excluding carboxylic acids is 2. The van der Waals surface area contributed by atoms with Crippen molar-refractivity contribution < 1.29 is 14.0 Å². The minimum atomic E-state index is -0.365. The van der Waals surface area contributed by atoms with Gasteiger partial charge in [-0.25, -0.2) is 4.39 Å². The maximum Gasteiger partial charge on any atom is 0.253 e. The van der Waals surface area contributed by atoms with E-state index in [1.807, 2.05) is 46.5 Å². The zero-order valence-corrected chi connectivity index (χ0v) is 17.2. The van der Waals surface area contributed by atoms with Crippen molar-refractivity contribution in [2.75, 3.05) is 13.1 Å². The summed E-state index contributed by atoms with van der Waals surface area (Å²) >= 11 is 1.45. The van der Waals surface area contributed by atoms with Gasteiger partial charge in [0.2, 0.25) is 0 Å². The molecule has 0 aliphatic carbocycles. The van der Waals surface area contributed by atoms with Crippen LogP contribution in [-0.2, 0) is 11.3 Å².